The lowest BCUT2D eigenvalue weighted by Crippen LogP contribution is -2.31. The maximum atomic E-state index is 6.71. The third kappa shape index (κ3) is 5.01. The largest absolute Gasteiger partial charge is 0.294 e. The Hall–Kier alpha value is -6.95. The molecule has 0 radical (unpaired) electrons. The van der Waals surface area contributed by atoms with Gasteiger partial charge in [-0.15, -0.1) is 4.94 Å². The van der Waals surface area contributed by atoms with Gasteiger partial charge >= 0.3 is 0 Å². The minimum absolute atomic E-state index is 0.702. The second-order valence-electron chi connectivity index (χ2n) is 13.8. The Labute approximate surface area is 314 Å². The zero-order chi connectivity index (χ0) is 36.1. The minimum atomic E-state index is -0.702. The molecule has 258 valence electrons. The summed E-state index contributed by atoms with van der Waals surface area (Å²) in [5.74, 6) is 0.901. The van der Waals surface area contributed by atoms with Gasteiger partial charge in [-0.1, -0.05) is 133 Å². The van der Waals surface area contributed by atoms with Gasteiger partial charge in [0.15, 0.2) is 0 Å². The molecular weight excluding hydrogens is 661 g/mol. The number of anilines is 4. The van der Waals surface area contributed by atoms with Crippen molar-refractivity contribution in [2.24, 2.45) is 0 Å². The minimum Gasteiger partial charge on any atom is -0.294 e. The predicted octanol–water partition coefficient (Wildman–Crippen LogP) is 12.0. The van der Waals surface area contributed by atoms with Gasteiger partial charge in [0.1, 0.15) is 5.82 Å². The lowest BCUT2D eigenvalue weighted by Gasteiger charge is -2.37. The molecule has 0 saturated carbocycles. The highest BCUT2D eigenvalue weighted by atomic mass is 16.8. The maximum Gasteiger partial charge on any atom is 0.137 e. The Morgan fingerprint density at radius 1 is 0.444 bits per heavy atom. The van der Waals surface area contributed by atoms with Crippen molar-refractivity contribution < 1.29 is 4.94 Å². The van der Waals surface area contributed by atoms with Gasteiger partial charge in [-0.05, 0) is 95.4 Å². The van der Waals surface area contributed by atoms with E-state index in [9.17, 15) is 0 Å². The van der Waals surface area contributed by atoms with Crippen molar-refractivity contribution in [3.05, 3.63) is 228 Å². The molecule has 0 amide bonds. The number of aromatic nitrogens is 2. The SMILES string of the molecule is Cc1ccnc(-n2c3ccccc3c3ccc(C(c4ccccc4)(c4ccccc4)c4cccc(N5ON(c6ccccc6)c6ccccc65)c4)cc32)c1. The van der Waals surface area contributed by atoms with Crippen molar-refractivity contribution in [3.8, 4) is 5.82 Å². The molecule has 0 fully saturated rings. The summed E-state index contributed by atoms with van der Waals surface area (Å²) in [6.45, 7) is 2.12. The van der Waals surface area contributed by atoms with Crippen LogP contribution in [0.4, 0.5) is 22.7 Å². The van der Waals surface area contributed by atoms with E-state index in [0.717, 1.165) is 61.9 Å². The number of pyridine rings is 1. The molecule has 7 aromatic carbocycles. The van der Waals surface area contributed by atoms with Crippen LogP contribution in [0.3, 0.4) is 0 Å². The van der Waals surface area contributed by atoms with Gasteiger partial charge in [-0.3, -0.25) is 4.57 Å². The highest BCUT2D eigenvalue weighted by Gasteiger charge is 2.40. The zero-order valence-corrected chi connectivity index (χ0v) is 29.7. The van der Waals surface area contributed by atoms with Crippen molar-refractivity contribution in [1.29, 1.82) is 0 Å². The van der Waals surface area contributed by atoms with E-state index in [0.29, 0.717) is 0 Å². The molecule has 2 aromatic heterocycles. The first kappa shape index (κ1) is 31.8. The smallest absolute Gasteiger partial charge is 0.137 e. The Balaban J connectivity index is 1.24. The molecule has 5 nitrogen and oxygen atoms in total. The fourth-order valence-electron chi connectivity index (χ4n) is 8.25. The average Bonchev–Trinajstić information content (AvgIpc) is 3.79. The van der Waals surface area contributed by atoms with Gasteiger partial charge in [-0.2, -0.15) is 10.1 Å². The van der Waals surface area contributed by atoms with Crippen LogP contribution >= 0.6 is 0 Å². The monoisotopic (exact) mass is 696 g/mol. The molecule has 54 heavy (non-hydrogen) atoms. The van der Waals surface area contributed by atoms with Crippen LogP contribution in [0.15, 0.2) is 200 Å². The summed E-state index contributed by atoms with van der Waals surface area (Å²) >= 11 is 0. The molecule has 0 saturated heterocycles. The number of fused-ring (bicyclic) bond motifs is 4. The standard InChI is InChI=1S/C49H36N4O/c1-35-30-31-50-48(32-35)51-44-25-12-11-24-42(44)43-29-28-39(34-47(43)51)49(36-16-5-2-6-17-36,37-18-7-3-8-19-37)38-20-15-23-41(33-38)53-46-27-14-13-26-45(46)52(54-53)40-21-9-4-10-22-40/h2-34H,1H3. The summed E-state index contributed by atoms with van der Waals surface area (Å²) in [6.07, 6.45) is 1.90. The van der Waals surface area contributed by atoms with Gasteiger partial charge in [-0.25, -0.2) is 4.98 Å². The molecule has 0 bridgehead atoms. The topological polar surface area (TPSA) is 33.5 Å². The molecule has 0 aliphatic carbocycles. The van der Waals surface area contributed by atoms with E-state index in [1.54, 1.807) is 0 Å². The fourth-order valence-corrected chi connectivity index (χ4v) is 8.25. The summed E-state index contributed by atoms with van der Waals surface area (Å²) in [6, 6.07) is 68.9. The molecule has 10 rings (SSSR count). The van der Waals surface area contributed by atoms with E-state index in [1.165, 1.54) is 16.3 Å². The van der Waals surface area contributed by atoms with Crippen LogP contribution in [0.5, 0.6) is 0 Å². The van der Waals surface area contributed by atoms with Crippen molar-refractivity contribution in [3.63, 3.8) is 0 Å². The lowest BCUT2D eigenvalue weighted by atomic mass is 9.65. The van der Waals surface area contributed by atoms with E-state index in [-0.39, 0.29) is 0 Å². The van der Waals surface area contributed by atoms with Gasteiger partial charge < -0.3 is 0 Å². The first-order chi connectivity index (χ1) is 26.7. The number of nitrogens with zero attached hydrogens (tertiary/aromatic N) is 4. The van der Waals surface area contributed by atoms with E-state index in [2.05, 4.69) is 181 Å². The highest BCUT2D eigenvalue weighted by Crippen LogP contribution is 2.50. The summed E-state index contributed by atoms with van der Waals surface area (Å²) in [5.41, 5.74) is 11.1. The van der Waals surface area contributed by atoms with E-state index in [4.69, 9.17) is 9.92 Å². The lowest BCUT2D eigenvalue weighted by molar-refractivity contribution is 0.156. The number of hydrogen-bond donors (Lipinski definition) is 0. The van der Waals surface area contributed by atoms with Crippen molar-refractivity contribution in [1.82, 2.24) is 9.55 Å². The van der Waals surface area contributed by atoms with Crippen molar-refractivity contribution in [2.45, 2.75) is 12.3 Å². The highest BCUT2D eigenvalue weighted by molar-refractivity contribution is 6.09. The van der Waals surface area contributed by atoms with Crippen LogP contribution in [0.2, 0.25) is 0 Å². The summed E-state index contributed by atoms with van der Waals surface area (Å²) in [5, 5.41) is 6.22. The van der Waals surface area contributed by atoms with Crippen LogP contribution in [-0.4, -0.2) is 9.55 Å². The van der Waals surface area contributed by atoms with Crippen LogP contribution in [0.1, 0.15) is 27.8 Å². The Morgan fingerprint density at radius 2 is 1.00 bits per heavy atom. The number of hydrogen-bond acceptors (Lipinski definition) is 4. The quantitative estimate of drug-likeness (QED) is 0.155. The Morgan fingerprint density at radius 3 is 1.70 bits per heavy atom. The normalized spacial score (nSPS) is 12.8. The summed E-state index contributed by atoms with van der Waals surface area (Å²) < 4.78 is 2.31. The van der Waals surface area contributed by atoms with Crippen LogP contribution < -0.4 is 10.1 Å². The number of aryl methyl sites for hydroxylation is 1. The molecule has 9 aromatic rings. The van der Waals surface area contributed by atoms with Crippen LogP contribution in [-0.2, 0) is 10.4 Å². The number of rotatable bonds is 7. The van der Waals surface area contributed by atoms with Gasteiger partial charge in [0.25, 0.3) is 0 Å². The molecule has 3 heterocycles. The number of para-hydroxylation sites is 4. The van der Waals surface area contributed by atoms with Gasteiger partial charge in [0.2, 0.25) is 0 Å². The van der Waals surface area contributed by atoms with Crippen molar-refractivity contribution >= 4 is 44.6 Å². The molecule has 1 aliphatic heterocycles. The molecule has 0 unspecified atom stereocenters. The molecule has 0 atom stereocenters. The first-order valence-corrected chi connectivity index (χ1v) is 18.3. The molecule has 5 heteroatoms. The van der Waals surface area contributed by atoms with E-state index < -0.39 is 5.41 Å². The third-order valence-electron chi connectivity index (χ3n) is 10.6. The Kier molecular flexibility index (Phi) is 7.60. The van der Waals surface area contributed by atoms with Crippen LogP contribution in [0, 0.1) is 6.92 Å². The zero-order valence-electron chi connectivity index (χ0n) is 29.7. The van der Waals surface area contributed by atoms with Crippen molar-refractivity contribution in [2.75, 3.05) is 10.1 Å². The molecular formula is C49H36N4O. The molecule has 0 spiro atoms. The summed E-state index contributed by atoms with van der Waals surface area (Å²) in [7, 11) is 0. The second kappa shape index (κ2) is 12.9. The average molecular weight is 697 g/mol. The van der Waals surface area contributed by atoms with E-state index >= 15 is 0 Å². The predicted molar refractivity (Wildman–Crippen MR) is 220 cm³/mol. The molecule has 1 aliphatic rings. The third-order valence-corrected chi connectivity index (χ3v) is 10.6. The summed E-state index contributed by atoms with van der Waals surface area (Å²) in [4.78, 5) is 11.6. The van der Waals surface area contributed by atoms with E-state index in [1.807, 2.05) is 40.6 Å². The Bertz CT molecular complexity index is 2740. The maximum absolute atomic E-state index is 6.71. The van der Waals surface area contributed by atoms with Gasteiger partial charge in [0, 0.05) is 17.0 Å². The first-order valence-electron chi connectivity index (χ1n) is 18.3. The molecule has 0 N–H and O–H groups in total. The van der Waals surface area contributed by atoms with Gasteiger partial charge in [0.05, 0.1) is 39.2 Å². The fraction of sp³-hybridized carbons (Fsp3) is 0.0408. The number of benzene rings is 7. The second-order valence-corrected chi connectivity index (χ2v) is 13.8. The van der Waals surface area contributed by atoms with Crippen LogP contribution in [0.25, 0.3) is 27.6 Å².